The number of anilines is 1. The molecular formula is C25H17NO9. The molecule has 10 heteroatoms. The predicted molar refractivity (Wildman–Crippen MR) is 124 cm³/mol. The second-order valence-electron chi connectivity index (χ2n) is 8.13. The fraction of sp³-hybridized carbons (Fsp3) is 0.160. The van der Waals surface area contributed by atoms with Gasteiger partial charge < -0.3 is 34.5 Å². The lowest BCUT2D eigenvalue weighted by Gasteiger charge is -2.23. The molecule has 5 aromatic carbocycles. The van der Waals surface area contributed by atoms with Crippen molar-refractivity contribution in [3.8, 4) is 23.0 Å². The van der Waals surface area contributed by atoms with Gasteiger partial charge in [0, 0.05) is 10.8 Å². The Kier molecular flexibility index (Phi) is 4.64. The molecule has 0 radical (unpaired) electrons. The van der Waals surface area contributed by atoms with E-state index in [4.69, 9.17) is 18.9 Å². The quantitative estimate of drug-likeness (QED) is 0.393. The molecule has 2 heterocycles. The maximum atomic E-state index is 13.6. The minimum absolute atomic E-state index is 0.0188. The summed E-state index contributed by atoms with van der Waals surface area (Å²) in [6.45, 7) is -0.172. The average molecular weight is 475 g/mol. The van der Waals surface area contributed by atoms with Crippen molar-refractivity contribution in [2.75, 3.05) is 18.9 Å². The van der Waals surface area contributed by atoms with E-state index in [0.29, 0.717) is 11.5 Å². The van der Waals surface area contributed by atoms with Gasteiger partial charge in [-0.1, -0.05) is 30.3 Å². The van der Waals surface area contributed by atoms with Crippen molar-refractivity contribution in [1.82, 2.24) is 0 Å². The molecule has 0 aromatic heterocycles. The van der Waals surface area contributed by atoms with Crippen LogP contribution in [0, 0.1) is 0 Å². The highest BCUT2D eigenvalue weighted by molar-refractivity contribution is 6.02. The van der Waals surface area contributed by atoms with Gasteiger partial charge in [-0.3, -0.25) is 9.59 Å². The van der Waals surface area contributed by atoms with Crippen LogP contribution in [0.5, 0.6) is 23.0 Å². The molecule has 2 bridgehead atoms. The van der Waals surface area contributed by atoms with Gasteiger partial charge in [-0.15, -0.1) is 0 Å². The van der Waals surface area contributed by atoms with Gasteiger partial charge in [0.25, 0.3) is 0 Å². The number of nitrogens with one attached hydrogen (secondary N) is 1. The predicted octanol–water partition coefficient (Wildman–Crippen LogP) is 2.21. The van der Waals surface area contributed by atoms with Crippen LogP contribution >= 0.6 is 0 Å². The largest absolute Gasteiger partial charge is 0.480 e. The van der Waals surface area contributed by atoms with E-state index in [1.165, 1.54) is 24.3 Å². The molecule has 5 aromatic rings. The summed E-state index contributed by atoms with van der Waals surface area (Å²) in [6, 6.07) is 10.7. The van der Waals surface area contributed by atoms with Gasteiger partial charge in [0.2, 0.25) is 13.6 Å². The van der Waals surface area contributed by atoms with Gasteiger partial charge in [-0.25, -0.2) is 4.79 Å². The van der Waals surface area contributed by atoms with Crippen LogP contribution < -0.4 is 35.1 Å². The van der Waals surface area contributed by atoms with E-state index in [2.05, 4.69) is 5.32 Å². The number of carboxylic acid groups (broad SMARTS) is 1. The molecule has 7 rings (SSSR count). The molecule has 176 valence electrons. The Morgan fingerprint density at radius 1 is 0.829 bits per heavy atom. The van der Waals surface area contributed by atoms with Gasteiger partial charge >= 0.3 is 5.97 Å². The number of carbonyl (C=O) groups is 1. The lowest BCUT2D eigenvalue weighted by molar-refractivity contribution is -0.140. The zero-order valence-electron chi connectivity index (χ0n) is 17.9. The van der Waals surface area contributed by atoms with Gasteiger partial charge in [-0.2, -0.15) is 0 Å². The first-order valence-corrected chi connectivity index (χ1v) is 10.7. The molecule has 2 unspecified atom stereocenters. The summed E-state index contributed by atoms with van der Waals surface area (Å²) in [5, 5.41) is 24.2. The highest BCUT2D eigenvalue weighted by atomic mass is 16.7. The van der Waals surface area contributed by atoms with Crippen LogP contribution in [-0.2, 0) is 4.79 Å². The Bertz CT molecular complexity index is 1630. The van der Waals surface area contributed by atoms with E-state index in [9.17, 15) is 24.6 Å². The highest BCUT2D eigenvalue weighted by Crippen LogP contribution is 2.43. The Labute approximate surface area is 196 Å². The van der Waals surface area contributed by atoms with Crippen molar-refractivity contribution in [1.29, 1.82) is 0 Å². The van der Waals surface area contributed by atoms with Crippen LogP contribution in [0.4, 0.5) is 5.69 Å². The van der Waals surface area contributed by atoms with Crippen LogP contribution in [0.15, 0.2) is 58.1 Å². The third-order valence-electron chi connectivity index (χ3n) is 6.16. The van der Waals surface area contributed by atoms with Crippen LogP contribution in [0.1, 0.15) is 11.7 Å². The zero-order valence-corrected chi connectivity index (χ0v) is 17.9. The van der Waals surface area contributed by atoms with Crippen molar-refractivity contribution in [3.63, 3.8) is 0 Å². The third-order valence-corrected chi connectivity index (χ3v) is 6.16. The number of rotatable bonds is 5. The van der Waals surface area contributed by atoms with E-state index in [1.807, 2.05) is 0 Å². The van der Waals surface area contributed by atoms with Gasteiger partial charge in [0.05, 0.1) is 16.5 Å². The minimum atomic E-state index is -1.58. The molecule has 2 aliphatic rings. The molecule has 0 aliphatic carbocycles. The average Bonchev–Trinajstić information content (AvgIpc) is 3.54. The number of hydrogen-bond donors (Lipinski definition) is 3. The van der Waals surface area contributed by atoms with Gasteiger partial charge in [0.1, 0.15) is 6.10 Å². The second-order valence-corrected chi connectivity index (χ2v) is 8.13. The smallest absolute Gasteiger partial charge is 0.329 e. The molecule has 2 aliphatic heterocycles. The summed E-state index contributed by atoms with van der Waals surface area (Å²) in [6.07, 6.45) is -1.54. The molecular weight excluding hydrogens is 458 g/mol. The molecule has 0 saturated carbocycles. The number of ether oxygens (including phenoxy) is 4. The Hall–Kier alpha value is -4.57. The number of aliphatic carboxylic acids is 1. The summed E-state index contributed by atoms with van der Waals surface area (Å²) < 4.78 is 21.6. The first-order chi connectivity index (χ1) is 16.9. The van der Waals surface area contributed by atoms with Gasteiger partial charge in [0.15, 0.2) is 39.9 Å². The van der Waals surface area contributed by atoms with E-state index in [-0.39, 0.29) is 57.9 Å². The Morgan fingerprint density at radius 3 is 2.29 bits per heavy atom. The number of benzene rings is 3. The van der Waals surface area contributed by atoms with Crippen LogP contribution in [-0.4, -0.2) is 35.8 Å². The first kappa shape index (κ1) is 21.0. The molecule has 3 N–H and O–H groups in total. The third kappa shape index (κ3) is 3.18. The summed E-state index contributed by atoms with van der Waals surface area (Å²) in [7, 11) is 0. The number of carboxylic acids is 1. The lowest BCUT2D eigenvalue weighted by atomic mass is 9.99. The molecule has 2 atom stereocenters. The van der Waals surface area contributed by atoms with E-state index in [1.54, 1.807) is 24.3 Å². The highest BCUT2D eigenvalue weighted by Gasteiger charge is 2.32. The van der Waals surface area contributed by atoms with Crippen LogP contribution in [0.25, 0.3) is 21.5 Å². The fourth-order valence-electron chi connectivity index (χ4n) is 4.47. The second kappa shape index (κ2) is 7.74. The molecule has 35 heavy (non-hydrogen) atoms. The van der Waals surface area contributed by atoms with E-state index in [0.717, 1.165) is 0 Å². The molecule has 0 spiro atoms. The normalized spacial score (nSPS) is 15.3. The monoisotopic (exact) mass is 475 g/mol. The number of aliphatic hydroxyl groups excluding tert-OH is 1. The van der Waals surface area contributed by atoms with Crippen molar-refractivity contribution in [2.45, 2.75) is 12.1 Å². The summed E-state index contributed by atoms with van der Waals surface area (Å²) in [4.78, 5) is 39.1. The van der Waals surface area contributed by atoms with E-state index < -0.39 is 29.0 Å². The minimum Gasteiger partial charge on any atom is -0.480 e. The summed E-state index contributed by atoms with van der Waals surface area (Å²) in [5.74, 6) is -0.338. The van der Waals surface area contributed by atoms with Crippen molar-refractivity contribution < 1.29 is 34.0 Å². The van der Waals surface area contributed by atoms with Crippen LogP contribution in [0.2, 0.25) is 0 Å². The van der Waals surface area contributed by atoms with Crippen molar-refractivity contribution >= 4 is 33.2 Å². The Morgan fingerprint density at radius 2 is 1.51 bits per heavy atom. The zero-order chi connectivity index (χ0) is 24.3. The van der Waals surface area contributed by atoms with Crippen molar-refractivity contribution in [2.24, 2.45) is 0 Å². The van der Waals surface area contributed by atoms with Crippen molar-refractivity contribution in [3.05, 3.63) is 74.5 Å². The molecule has 0 fully saturated rings. The maximum absolute atomic E-state index is 13.6. The summed E-state index contributed by atoms with van der Waals surface area (Å²) in [5.41, 5.74) is -0.708. The summed E-state index contributed by atoms with van der Waals surface area (Å²) >= 11 is 0. The maximum Gasteiger partial charge on any atom is 0.329 e. The van der Waals surface area contributed by atoms with E-state index >= 15 is 0 Å². The lowest BCUT2D eigenvalue weighted by Crippen LogP contribution is -2.36. The van der Waals surface area contributed by atoms with Crippen LogP contribution in [0.3, 0.4) is 0 Å². The fourth-order valence-corrected chi connectivity index (χ4v) is 4.47. The molecule has 0 amide bonds. The molecule has 0 saturated heterocycles. The number of fused-ring (bicyclic) bond motifs is 2. The molecule has 10 nitrogen and oxygen atoms in total. The topological polar surface area (TPSA) is 141 Å². The first-order valence-electron chi connectivity index (χ1n) is 10.7. The SMILES string of the molecule is O=C(O)C(Nc1cc2c3c(c1c(=O)c1ccccc1c2=O)OCO3)C(O)c1ccc2c(c1)OCO2. The number of aliphatic hydroxyl groups is 1. The van der Waals surface area contributed by atoms with Gasteiger partial charge in [-0.05, 0) is 23.8 Å². The standard InChI is InChI=1S/C25H17NO9/c27-20(11-5-6-16-17(7-11)33-9-32-16)19(25(30)31)26-15-8-14-21(28)12-3-1-2-4-13(12)22(29)18(15)24-23(14)34-10-35-24/h1-8,19-20,26-27H,9-10H2,(H,30,31). The Balaban J connectivity index is 1.53. The number of hydrogen-bond acceptors (Lipinski definition) is 9.